The molecule has 0 spiro atoms. The van der Waals surface area contributed by atoms with Crippen LogP contribution in [0.3, 0.4) is 0 Å². The van der Waals surface area contributed by atoms with Crippen molar-refractivity contribution in [2.75, 3.05) is 5.73 Å². The van der Waals surface area contributed by atoms with Crippen LogP contribution in [0.2, 0.25) is 5.15 Å². The van der Waals surface area contributed by atoms with Crippen molar-refractivity contribution in [3.05, 3.63) is 40.9 Å². The van der Waals surface area contributed by atoms with Crippen LogP contribution in [0.5, 0.6) is 0 Å². The zero-order chi connectivity index (χ0) is 12.3. The lowest BCUT2D eigenvalue weighted by molar-refractivity contribution is 0.0951. The molecule has 0 aromatic carbocycles. The first-order valence-corrected chi connectivity index (χ1v) is 5.22. The van der Waals surface area contributed by atoms with Crippen LogP contribution in [0.15, 0.2) is 24.5 Å². The van der Waals surface area contributed by atoms with E-state index in [1.165, 1.54) is 12.3 Å². The molecule has 0 aliphatic carbocycles. The van der Waals surface area contributed by atoms with Crippen LogP contribution < -0.4 is 11.1 Å². The second kappa shape index (κ2) is 4.84. The predicted molar refractivity (Wildman–Crippen MR) is 63.4 cm³/mol. The maximum Gasteiger partial charge on any atom is 0.253 e. The molecule has 17 heavy (non-hydrogen) atoms. The van der Waals surface area contributed by atoms with E-state index in [0.29, 0.717) is 12.1 Å². The first-order chi connectivity index (χ1) is 8.16. The average molecular weight is 252 g/mol. The third-order valence-electron chi connectivity index (χ3n) is 2.14. The molecule has 0 radical (unpaired) electrons. The molecule has 2 aromatic rings. The second-order valence-electron chi connectivity index (χ2n) is 3.36. The standard InChI is InChI=1S/C10H10ClN5O/c11-9-3-7(8(12)5-13-9)10(17)14-4-6-1-2-15-16-6/h1-3,5H,4,12H2,(H,14,17)(H,15,16). The van der Waals surface area contributed by atoms with Crippen LogP contribution in [-0.4, -0.2) is 21.1 Å². The van der Waals surface area contributed by atoms with E-state index < -0.39 is 0 Å². The van der Waals surface area contributed by atoms with E-state index in [1.807, 2.05) is 0 Å². The number of halogens is 1. The molecule has 0 fully saturated rings. The van der Waals surface area contributed by atoms with Gasteiger partial charge in [0.05, 0.1) is 29.7 Å². The van der Waals surface area contributed by atoms with Crippen molar-refractivity contribution in [3.63, 3.8) is 0 Å². The molecule has 0 aliphatic heterocycles. The highest BCUT2D eigenvalue weighted by Crippen LogP contribution is 2.14. The van der Waals surface area contributed by atoms with Crippen molar-refractivity contribution in [3.8, 4) is 0 Å². The number of carbonyl (C=O) groups is 1. The number of pyridine rings is 1. The van der Waals surface area contributed by atoms with Gasteiger partial charge in [0.1, 0.15) is 5.15 Å². The third kappa shape index (κ3) is 2.73. The zero-order valence-corrected chi connectivity index (χ0v) is 9.53. The maximum atomic E-state index is 11.8. The number of nitrogens with two attached hydrogens (primary N) is 1. The van der Waals surface area contributed by atoms with Gasteiger partial charge in [0.15, 0.2) is 0 Å². The molecule has 0 saturated carbocycles. The summed E-state index contributed by atoms with van der Waals surface area (Å²) in [6.07, 6.45) is 2.96. The summed E-state index contributed by atoms with van der Waals surface area (Å²) in [5.74, 6) is -0.304. The predicted octanol–water partition coefficient (Wildman–Crippen LogP) is 0.970. The SMILES string of the molecule is Nc1cnc(Cl)cc1C(=O)NCc1ccn[nH]1. The minimum Gasteiger partial charge on any atom is -0.397 e. The van der Waals surface area contributed by atoms with Crippen molar-refractivity contribution in [1.82, 2.24) is 20.5 Å². The molecule has 0 atom stereocenters. The molecule has 2 aromatic heterocycles. The minimum absolute atomic E-state index is 0.228. The van der Waals surface area contributed by atoms with Gasteiger partial charge in [-0.2, -0.15) is 5.10 Å². The number of aromatic amines is 1. The number of hydrogen-bond donors (Lipinski definition) is 3. The normalized spacial score (nSPS) is 10.2. The van der Waals surface area contributed by atoms with Crippen LogP contribution in [0.1, 0.15) is 16.1 Å². The maximum absolute atomic E-state index is 11.8. The Bertz CT molecular complexity index is 525. The highest BCUT2D eigenvalue weighted by atomic mass is 35.5. The Balaban J connectivity index is 2.07. The minimum atomic E-state index is -0.304. The Morgan fingerprint density at radius 1 is 1.59 bits per heavy atom. The van der Waals surface area contributed by atoms with Crippen LogP contribution in [0, 0.1) is 0 Å². The van der Waals surface area contributed by atoms with E-state index in [-0.39, 0.29) is 16.7 Å². The molecule has 6 nitrogen and oxygen atoms in total. The van der Waals surface area contributed by atoms with Gasteiger partial charge in [-0.05, 0) is 12.1 Å². The monoisotopic (exact) mass is 251 g/mol. The quantitative estimate of drug-likeness (QED) is 0.708. The fourth-order valence-electron chi connectivity index (χ4n) is 1.29. The molecular formula is C10H10ClN5O. The van der Waals surface area contributed by atoms with E-state index in [4.69, 9.17) is 17.3 Å². The van der Waals surface area contributed by atoms with Crippen molar-refractivity contribution in [2.24, 2.45) is 0 Å². The van der Waals surface area contributed by atoms with Crippen molar-refractivity contribution < 1.29 is 4.79 Å². The van der Waals surface area contributed by atoms with E-state index >= 15 is 0 Å². The Labute approximate surface area is 102 Å². The van der Waals surface area contributed by atoms with Gasteiger partial charge in [-0.3, -0.25) is 9.89 Å². The summed E-state index contributed by atoms with van der Waals surface area (Å²) in [4.78, 5) is 15.6. The molecule has 7 heteroatoms. The lowest BCUT2D eigenvalue weighted by atomic mass is 10.2. The number of nitrogen functional groups attached to an aromatic ring is 1. The van der Waals surface area contributed by atoms with Gasteiger partial charge >= 0.3 is 0 Å². The van der Waals surface area contributed by atoms with E-state index in [0.717, 1.165) is 5.69 Å². The van der Waals surface area contributed by atoms with E-state index in [1.54, 1.807) is 12.3 Å². The molecule has 0 saturated heterocycles. The summed E-state index contributed by atoms with van der Waals surface area (Å²) in [6, 6.07) is 3.20. The number of nitrogens with zero attached hydrogens (tertiary/aromatic N) is 2. The summed E-state index contributed by atoms with van der Waals surface area (Å²) in [6.45, 7) is 0.345. The molecule has 0 unspecified atom stereocenters. The Kier molecular flexibility index (Phi) is 3.24. The topological polar surface area (TPSA) is 96.7 Å². The van der Waals surface area contributed by atoms with Gasteiger partial charge in [0, 0.05) is 6.20 Å². The molecule has 0 bridgehead atoms. The van der Waals surface area contributed by atoms with Crippen molar-refractivity contribution in [1.29, 1.82) is 0 Å². The summed E-state index contributed by atoms with van der Waals surface area (Å²) in [5.41, 5.74) is 7.04. The van der Waals surface area contributed by atoms with Gasteiger partial charge < -0.3 is 11.1 Å². The number of hydrogen-bond acceptors (Lipinski definition) is 4. The first kappa shape index (κ1) is 11.4. The lowest BCUT2D eigenvalue weighted by Crippen LogP contribution is -2.24. The lowest BCUT2D eigenvalue weighted by Gasteiger charge is -2.06. The Morgan fingerprint density at radius 3 is 3.12 bits per heavy atom. The van der Waals surface area contributed by atoms with Crippen LogP contribution >= 0.6 is 11.6 Å². The summed E-state index contributed by atoms with van der Waals surface area (Å²) in [7, 11) is 0. The highest BCUT2D eigenvalue weighted by Gasteiger charge is 2.10. The van der Waals surface area contributed by atoms with Crippen LogP contribution in [0.25, 0.3) is 0 Å². The molecule has 1 amide bonds. The van der Waals surface area contributed by atoms with Gasteiger partial charge in [0.25, 0.3) is 5.91 Å². The van der Waals surface area contributed by atoms with Gasteiger partial charge in [-0.25, -0.2) is 4.98 Å². The van der Waals surface area contributed by atoms with Crippen molar-refractivity contribution >= 4 is 23.2 Å². The second-order valence-corrected chi connectivity index (χ2v) is 3.75. The average Bonchev–Trinajstić information content (AvgIpc) is 2.82. The molecular weight excluding hydrogens is 242 g/mol. The van der Waals surface area contributed by atoms with Gasteiger partial charge in [-0.15, -0.1) is 0 Å². The van der Waals surface area contributed by atoms with E-state index in [2.05, 4.69) is 20.5 Å². The number of nitrogens with one attached hydrogen (secondary N) is 2. The van der Waals surface area contributed by atoms with E-state index in [9.17, 15) is 4.79 Å². The number of amides is 1. The van der Waals surface area contributed by atoms with Crippen LogP contribution in [-0.2, 0) is 6.54 Å². The largest absolute Gasteiger partial charge is 0.397 e. The molecule has 0 aliphatic rings. The molecule has 4 N–H and O–H groups in total. The number of H-pyrrole nitrogens is 1. The number of carbonyl (C=O) groups excluding carboxylic acids is 1. The molecule has 2 rings (SSSR count). The third-order valence-corrected chi connectivity index (χ3v) is 2.35. The number of aromatic nitrogens is 3. The zero-order valence-electron chi connectivity index (χ0n) is 8.77. The van der Waals surface area contributed by atoms with Gasteiger partial charge in [-0.1, -0.05) is 11.6 Å². The Morgan fingerprint density at radius 2 is 2.41 bits per heavy atom. The fraction of sp³-hybridized carbons (Fsp3) is 0.100. The first-order valence-electron chi connectivity index (χ1n) is 4.84. The highest BCUT2D eigenvalue weighted by molar-refractivity contribution is 6.29. The van der Waals surface area contributed by atoms with Gasteiger partial charge in [0.2, 0.25) is 0 Å². The summed E-state index contributed by atoms with van der Waals surface area (Å²) >= 11 is 5.70. The molecule has 2 heterocycles. The summed E-state index contributed by atoms with van der Waals surface area (Å²) < 4.78 is 0. The fourth-order valence-corrected chi connectivity index (χ4v) is 1.45. The number of anilines is 1. The number of rotatable bonds is 3. The van der Waals surface area contributed by atoms with Crippen molar-refractivity contribution in [2.45, 2.75) is 6.54 Å². The smallest absolute Gasteiger partial charge is 0.253 e. The Hall–Kier alpha value is -2.08. The van der Waals surface area contributed by atoms with Crippen LogP contribution in [0.4, 0.5) is 5.69 Å². The molecule has 88 valence electrons. The summed E-state index contributed by atoms with van der Waals surface area (Å²) in [5, 5.41) is 9.43.